The topological polar surface area (TPSA) is 49.3 Å². The zero-order valence-corrected chi connectivity index (χ0v) is 14.5. The number of hydrogen-bond acceptors (Lipinski definition) is 4. The zero-order chi connectivity index (χ0) is 17.1. The van der Waals surface area contributed by atoms with Gasteiger partial charge in [0.05, 0.1) is 0 Å². The molecule has 2 fully saturated rings. The molecular weight excluding hydrogens is 312 g/mol. The first-order chi connectivity index (χ1) is 12.2. The van der Waals surface area contributed by atoms with E-state index in [0.717, 1.165) is 43.9 Å². The van der Waals surface area contributed by atoms with E-state index in [0.29, 0.717) is 13.0 Å². The number of carbonyl (C=O) groups excluding carboxylic acids is 1. The van der Waals surface area contributed by atoms with Gasteiger partial charge in [-0.1, -0.05) is 6.07 Å². The van der Waals surface area contributed by atoms with Gasteiger partial charge < -0.3 is 9.80 Å². The molecule has 25 heavy (non-hydrogen) atoms. The number of piperidine rings is 2. The molecule has 4 heterocycles. The Balaban J connectivity index is 1.50. The highest BCUT2D eigenvalue weighted by atomic mass is 16.2. The predicted octanol–water partition coefficient (Wildman–Crippen LogP) is 2.89. The van der Waals surface area contributed by atoms with Gasteiger partial charge >= 0.3 is 0 Å². The lowest BCUT2D eigenvalue weighted by Gasteiger charge is -2.48. The normalized spacial score (nSPS) is 23.9. The molecule has 1 spiro atoms. The van der Waals surface area contributed by atoms with E-state index in [-0.39, 0.29) is 11.3 Å². The van der Waals surface area contributed by atoms with Crippen molar-refractivity contribution in [1.29, 1.82) is 0 Å². The van der Waals surface area contributed by atoms with Crippen molar-refractivity contribution in [2.45, 2.75) is 32.2 Å². The molecular formula is C20H24N4O. The first-order valence-electron chi connectivity index (χ1n) is 9.07. The number of anilines is 1. The molecule has 0 bridgehead atoms. The lowest BCUT2D eigenvalue weighted by Crippen LogP contribution is -2.54. The Kier molecular flexibility index (Phi) is 4.38. The highest BCUT2D eigenvalue weighted by molar-refractivity contribution is 5.77. The van der Waals surface area contributed by atoms with Crippen molar-refractivity contribution < 1.29 is 4.79 Å². The van der Waals surface area contributed by atoms with Gasteiger partial charge in [0.1, 0.15) is 5.82 Å². The largest absolute Gasteiger partial charge is 0.356 e. The summed E-state index contributed by atoms with van der Waals surface area (Å²) in [5, 5.41) is 0. The maximum Gasteiger partial charge on any atom is 0.222 e. The maximum atomic E-state index is 12.5. The molecule has 2 aromatic rings. The third-order valence-corrected chi connectivity index (χ3v) is 5.51. The number of pyridine rings is 2. The minimum atomic E-state index is 0.191. The average Bonchev–Trinajstić information content (AvgIpc) is 2.67. The molecule has 0 saturated carbocycles. The minimum absolute atomic E-state index is 0.191. The molecule has 130 valence electrons. The number of nitrogens with zero attached hydrogens (tertiary/aromatic N) is 4. The van der Waals surface area contributed by atoms with Crippen molar-refractivity contribution in [2.75, 3.05) is 24.5 Å². The van der Waals surface area contributed by atoms with E-state index in [1.165, 1.54) is 6.42 Å². The van der Waals surface area contributed by atoms with Gasteiger partial charge in [-0.05, 0) is 49.1 Å². The summed E-state index contributed by atoms with van der Waals surface area (Å²) in [6, 6.07) is 10.1. The summed E-state index contributed by atoms with van der Waals surface area (Å²) < 4.78 is 0. The Hall–Kier alpha value is -2.43. The van der Waals surface area contributed by atoms with Crippen LogP contribution in [0.25, 0.3) is 0 Å². The quantitative estimate of drug-likeness (QED) is 0.865. The van der Waals surface area contributed by atoms with Crippen LogP contribution in [0.1, 0.15) is 31.2 Å². The van der Waals surface area contributed by atoms with Crippen molar-refractivity contribution in [3.63, 3.8) is 0 Å². The van der Waals surface area contributed by atoms with E-state index in [1.54, 1.807) is 12.4 Å². The van der Waals surface area contributed by atoms with Gasteiger partial charge in [-0.15, -0.1) is 0 Å². The van der Waals surface area contributed by atoms with Crippen LogP contribution in [0.15, 0.2) is 48.9 Å². The molecule has 2 saturated heterocycles. The molecule has 0 radical (unpaired) electrons. The van der Waals surface area contributed by atoms with Crippen molar-refractivity contribution in [1.82, 2.24) is 14.9 Å². The number of hydrogen-bond donors (Lipinski definition) is 0. The van der Waals surface area contributed by atoms with E-state index in [9.17, 15) is 4.79 Å². The van der Waals surface area contributed by atoms with Crippen molar-refractivity contribution in [3.05, 3.63) is 54.5 Å². The molecule has 2 aliphatic rings. The third-order valence-electron chi connectivity index (χ3n) is 5.51. The molecule has 0 unspecified atom stereocenters. The molecule has 0 aliphatic carbocycles. The summed E-state index contributed by atoms with van der Waals surface area (Å²) in [6.45, 7) is 3.57. The van der Waals surface area contributed by atoms with Crippen LogP contribution in [0.5, 0.6) is 0 Å². The second kappa shape index (κ2) is 6.82. The molecule has 2 aromatic heterocycles. The van der Waals surface area contributed by atoms with Gasteiger partial charge in [0.2, 0.25) is 5.91 Å². The number of amides is 1. The average molecular weight is 336 g/mol. The van der Waals surface area contributed by atoms with Gasteiger partial charge in [-0.25, -0.2) is 4.98 Å². The van der Waals surface area contributed by atoms with E-state index >= 15 is 0 Å². The van der Waals surface area contributed by atoms with Crippen molar-refractivity contribution in [2.24, 2.45) is 5.41 Å². The minimum Gasteiger partial charge on any atom is -0.356 e. The number of rotatable bonds is 3. The molecule has 1 atom stereocenters. The van der Waals surface area contributed by atoms with Crippen LogP contribution >= 0.6 is 0 Å². The summed E-state index contributed by atoms with van der Waals surface area (Å²) in [7, 11) is 0. The van der Waals surface area contributed by atoms with Gasteiger partial charge in [-0.2, -0.15) is 0 Å². The van der Waals surface area contributed by atoms with Crippen molar-refractivity contribution in [3.8, 4) is 0 Å². The summed E-state index contributed by atoms with van der Waals surface area (Å²) in [4.78, 5) is 25.5. The van der Waals surface area contributed by atoms with Gasteiger partial charge in [0.25, 0.3) is 0 Å². The molecule has 0 aromatic carbocycles. The monoisotopic (exact) mass is 336 g/mol. The van der Waals surface area contributed by atoms with Crippen LogP contribution < -0.4 is 4.90 Å². The summed E-state index contributed by atoms with van der Waals surface area (Å²) in [5.41, 5.74) is 1.34. The Labute approximate surface area is 148 Å². The third kappa shape index (κ3) is 3.50. The van der Waals surface area contributed by atoms with Gasteiger partial charge in [0.15, 0.2) is 0 Å². The second-order valence-corrected chi connectivity index (χ2v) is 7.32. The Morgan fingerprint density at radius 3 is 2.72 bits per heavy atom. The summed E-state index contributed by atoms with van der Waals surface area (Å²) in [6.07, 6.45) is 9.44. The molecule has 4 rings (SSSR count). The van der Waals surface area contributed by atoms with Crippen LogP contribution in [0, 0.1) is 5.41 Å². The summed E-state index contributed by atoms with van der Waals surface area (Å²) in [5.74, 6) is 1.33. The van der Waals surface area contributed by atoms with E-state index in [2.05, 4.69) is 20.9 Å². The van der Waals surface area contributed by atoms with E-state index in [4.69, 9.17) is 0 Å². The number of carbonyl (C=O) groups is 1. The fourth-order valence-electron chi connectivity index (χ4n) is 4.23. The van der Waals surface area contributed by atoms with Crippen molar-refractivity contribution >= 4 is 11.7 Å². The molecule has 5 heteroatoms. The highest BCUT2D eigenvalue weighted by Gasteiger charge is 2.41. The molecule has 1 amide bonds. The molecule has 5 nitrogen and oxygen atoms in total. The van der Waals surface area contributed by atoms with Gasteiger partial charge in [-0.3, -0.25) is 9.78 Å². The number of aromatic nitrogens is 2. The first kappa shape index (κ1) is 16.1. The predicted molar refractivity (Wildman–Crippen MR) is 97.0 cm³/mol. The second-order valence-electron chi connectivity index (χ2n) is 7.32. The first-order valence-corrected chi connectivity index (χ1v) is 9.07. The number of likely N-dealkylation sites (tertiary alicyclic amines) is 1. The van der Waals surface area contributed by atoms with Crippen LogP contribution in [0.4, 0.5) is 5.82 Å². The molecule has 2 aliphatic heterocycles. The SMILES string of the molecule is O=C1CC[C@@]2(CCCN(c3ccccn3)C2)CN1Cc1ccncc1. The smallest absolute Gasteiger partial charge is 0.222 e. The van der Waals surface area contributed by atoms with Crippen LogP contribution in [0.2, 0.25) is 0 Å². The summed E-state index contributed by atoms with van der Waals surface area (Å²) >= 11 is 0. The zero-order valence-electron chi connectivity index (χ0n) is 14.5. The fraction of sp³-hybridized carbons (Fsp3) is 0.450. The lowest BCUT2D eigenvalue weighted by molar-refractivity contribution is -0.138. The standard InChI is InChI=1S/C20H24N4O/c25-19-5-9-20(16-24(19)14-17-6-11-21-12-7-17)8-3-13-23(15-20)18-4-1-2-10-22-18/h1-2,4,6-7,10-12H,3,5,8-9,13-16H2/t20-/m1/s1. The van der Waals surface area contributed by atoms with Crippen LogP contribution in [-0.2, 0) is 11.3 Å². The van der Waals surface area contributed by atoms with Gasteiger partial charge in [0, 0.05) is 56.6 Å². The van der Waals surface area contributed by atoms with Crippen LogP contribution in [-0.4, -0.2) is 40.4 Å². The van der Waals surface area contributed by atoms with E-state index < -0.39 is 0 Å². The van der Waals surface area contributed by atoms with E-state index in [1.807, 2.05) is 35.4 Å². The van der Waals surface area contributed by atoms with Crippen LogP contribution in [0.3, 0.4) is 0 Å². The Morgan fingerprint density at radius 1 is 1.04 bits per heavy atom. The lowest BCUT2D eigenvalue weighted by atomic mass is 9.73. The Morgan fingerprint density at radius 2 is 1.92 bits per heavy atom. The Bertz CT molecular complexity index is 721. The maximum absolute atomic E-state index is 12.5. The highest BCUT2D eigenvalue weighted by Crippen LogP contribution is 2.40. The molecule has 0 N–H and O–H groups in total. The fourth-order valence-corrected chi connectivity index (χ4v) is 4.23.